The van der Waals surface area contributed by atoms with Crippen molar-refractivity contribution in [3.05, 3.63) is 54.1 Å². The van der Waals surface area contributed by atoms with Gasteiger partial charge in [-0.2, -0.15) is 0 Å². The van der Waals surface area contributed by atoms with Crippen molar-refractivity contribution in [3.8, 4) is 5.75 Å². The number of sulfone groups is 1. The Balaban J connectivity index is 1.84. The third kappa shape index (κ3) is 2.63. The number of benzene rings is 2. The highest BCUT2D eigenvalue weighted by molar-refractivity contribution is 7.91. The number of carbonyl (C=O) groups is 1. The second-order valence-electron chi connectivity index (χ2n) is 6.75. The molecule has 7 heteroatoms. The van der Waals surface area contributed by atoms with Crippen molar-refractivity contribution in [1.29, 1.82) is 0 Å². The number of urea groups is 1. The maximum atomic E-state index is 13.3. The second-order valence-corrected chi connectivity index (χ2v) is 8.90. The molecular formula is C19H20N2O4S. The van der Waals surface area contributed by atoms with E-state index in [0.717, 1.165) is 11.3 Å². The zero-order valence-corrected chi connectivity index (χ0v) is 15.4. The summed E-state index contributed by atoms with van der Waals surface area (Å²) >= 11 is 0. The summed E-state index contributed by atoms with van der Waals surface area (Å²) in [6.07, 6.45) is 0. The van der Waals surface area contributed by atoms with Crippen molar-refractivity contribution >= 4 is 27.2 Å². The lowest BCUT2D eigenvalue weighted by atomic mass is 10.1. The quantitative estimate of drug-likeness (QED) is 0.777. The largest absolute Gasteiger partial charge is 0.495 e. The van der Waals surface area contributed by atoms with Gasteiger partial charge in [-0.05, 0) is 36.8 Å². The van der Waals surface area contributed by atoms with Crippen LogP contribution in [-0.2, 0) is 9.84 Å². The fraction of sp³-hybridized carbons (Fsp3) is 0.316. The van der Waals surface area contributed by atoms with Crippen LogP contribution in [0.15, 0.2) is 48.5 Å². The summed E-state index contributed by atoms with van der Waals surface area (Å²) in [7, 11) is -1.67. The van der Waals surface area contributed by atoms with Gasteiger partial charge in [-0.3, -0.25) is 9.80 Å². The highest BCUT2D eigenvalue weighted by Gasteiger charge is 2.54. The third-order valence-electron chi connectivity index (χ3n) is 4.99. The van der Waals surface area contributed by atoms with Crippen LogP contribution in [0, 0.1) is 6.92 Å². The van der Waals surface area contributed by atoms with Crippen LogP contribution in [0.2, 0.25) is 0 Å². The topological polar surface area (TPSA) is 66.9 Å². The van der Waals surface area contributed by atoms with E-state index in [4.69, 9.17) is 4.74 Å². The van der Waals surface area contributed by atoms with E-state index in [-0.39, 0.29) is 17.5 Å². The molecule has 2 aromatic carbocycles. The number of nitrogens with zero attached hydrogens (tertiary/aromatic N) is 2. The maximum Gasteiger partial charge on any atom is 0.329 e. The molecule has 0 spiro atoms. The average molecular weight is 372 g/mol. The number of para-hydroxylation sites is 2. The molecule has 2 heterocycles. The van der Waals surface area contributed by atoms with Gasteiger partial charge >= 0.3 is 6.03 Å². The van der Waals surface area contributed by atoms with Gasteiger partial charge in [0, 0.05) is 5.69 Å². The Kier molecular flexibility index (Phi) is 3.91. The van der Waals surface area contributed by atoms with Gasteiger partial charge in [-0.25, -0.2) is 13.2 Å². The second kappa shape index (κ2) is 6.02. The lowest BCUT2D eigenvalue weighted by Crippen LogP contribution is -2.38. The van der Waals surface area contributed by atoms with Crippen LogP contribution < -0.4 is 14.5 Å². The van der Waals surface area contributed by atoms with E-state index in [1.54, 1.807) is 29.0 Å². The highest BCUT2D eigenvalue weighted by atomic mass is 32.2. The van der Waals surface area contributed by atoms with E-state index in [1.165, 1.54) is 0 Å². The van der Waals surface area contributed by atoms with E-state index in [2.05, 4.69) is 0 Å². The first kappa shape index (κ1) is 16.9. The predicted octanol–water partition coefficient (Wildman–Crippen LogP) is 2.62. The summed E-state index contributed by atoms with van der Waals surface area (Å²) in [5, 5.41) is 0. The fourth-order valence-electron chi connectivity index (χ4n) is 3.89. The molecule has 0 aromatic heterocycles. The van der Waals surface area contributed by atoms with Gasteiger partial charge in [-0.1, -0.05) is 24.3 Å². The van der Waals surface area contributed by atoms with E-state index in [1.807, 2.05) is 43.3 Å². The number of fused-ring (bicyclic) bond motifs is 1. The smallest absolute Gasteiger partial charge is 0.329 e. The zero-order valence-electron chi connectivity index (χ0n) is 14.6. The summed E-state index contributed by atoms with van der Waals surface area (Å²) in [4.78, 5) is 16.5. The molecule has 2 aliphatic rings. The number of amides is 2. The van der Waals surface area contributed by atoms with E-state index >= 15 is 0 Å². The first-order chi connectivity index (χ1) is 12.4. The lowest BCUT2D eigenvalue weighted by molar-refractivity contribution is 0.255. The van der Waals surface area contributed by atoms with Crippen molar-refractivity contribution in [2.24, 2.45) is 0 Å². The molecule has 0 saturated carbocycles. The van der Waals surface area contributed by atoms with Crippen LogP contribution in [0.3, 0.4) is 0 Å². The SMILES string of the molecule is COc1ccccc1N1C(=O)N(c2cccc(C)c2)C2CS(=O)(=O)CC21. The maximum absolute atomic E-state index is 13.3. The molecular weight excluding hydrogens is 352 g/mol. The van der Waals surface area contributed by atoms with E-state index < -0.39 is 21.9 Å². The van der Waals surface area contributed by atoms with Crippen molar-refractivity contribution < 1.29 is 17.9 Å². The van der Waals surface area contributed by atoms with Crippen LogP contribution in [-0.4, -0.2) is 45.1 Å². The van der Waals surface area contributed by atoms with E-state index in [0.29, 0.717) is 11.4 Å². The number of hydrogen-bond donors (Lipinski definition) is 0. The minimum Gasteiger partial charge on any atom is -0.495 e. The summed E-state index contributed by atoms with van der Waals surface area (Å²) in [6.45, 7) is 1.95. The number of ether oxygens (including phenoxy) is 1. The monoisotopic (exact) mass is 372 g/mol. The number of aryl methyl sites for hydroxylation is 1. The first-order valence-electron chi connectivity index (χ1n) is 8.44. The first-order valence-corrected chi connectivity index (χ1v) is 10.3. The van der Waals surface area contributed by atoms with Crippen LogP contribution in [0.1, 0.15) is 5.56 Å². The number of anilines is 2. The molecule has 136 valence electrons. The molecule has 0 bridgehead atoms. The molecule has 0 aliphatic carbocycles. The van der Waals surface area contributed by atoms with Crippen molar-refractivity contribution in [2.45, 2.75) is 19.0 Å². The normalized spacial score (nSPS) is 24.0. The molecule has 0 radical (unpaired) electrons. The summed E-state index contributed by atoms with van der Waals surface area (Å²) in [5.41, 5.74) is 2.34. The van der Waals surface area contributed by atoms with Crippen molar-refractivity contribution in [3.63, 3.8) is 0 Å². The van der Waals surface area contributed by atoms with Gasteiger partial charge in [-0.15, -0.1) is 0 Å². The molecule has 26 heavy (non-hydrogen) atoms. The van der Waals surface area contributed by atoms with Crippen LogP contribution in [0.4, 0.5) is 16.2 Å². The Morgan fingerprint density at radius 3 is 2.38 bits per heavy atom. The van der Waals surface area contributed by atoms with Gasteiger partial charge in [0.05, 0.1) is 36.4 Å². The molecule has 6 nitrogen and oxygen atoms in total. The molecule has 2 unspecified atom stereocenters. The van der Waals surface area contributed by atoms with Gasteiger partial charge in [0.1, 0.15) is 5.75 Å². The van der Waals surface area contributed by atoms with Crippen LogP contribution >= 0.6 is 0 Å². The van der Waals surface area contributed by atoms with Gasteiger partial charge in [0.15, 0.2) is 9.84 Å². The number of rotatable bonds is 3. The molecule has 2 fully saturated rings. The standard InChI is InChI=1S/C19H20N2O4S/c1-13-6-5-7-14(10-13)20-16-11-26(23,24)12-17(16)21(19(20)22)15-8-3-4-9-18(15)25-2/h3-10,16-17H,11-12H2,1-2H3. The molecule has 2 saturated heterocycles. The number of hydrogen-bond acceptors (Lipinski definition) is 4. The Bertz CT molecular complexity index is 973. The lowest BCUT2D eigenvalue weighted by Gasteiger charge is -2.24. The molecule has 2 aliphatic heterocycles. The van der Waals surface area contributed by atoms with Crippen molar-refractivity contribution in [2.75, 3.05) is 28.4 Å². The zero-order chi connectivity index (χ0) is 18.5. The minimum atomic E-state index is -3.22. The highest BCUT2D eigenvalue weighted by Crippen LogP contribution is 2.41. The minimum absolute atomic E-state index is 0.0248. The van der Waals surface area contributed by atoms with Crippen molar-refractivity contribution in [1.82, 2.24) is 0 Å². The fourth-order valence-corrected chi connectivity index (χ4v) is 5.81. The average Bonchev–Trinajstić information content (AvgIpc) is 3.03. The Hall–Kier alpha value is -2.54. The van der Waals surface area contributed by atoms with Crippen LogP contribution in [0.25, 0.3) is 0 Å². The molecule has 2 aromatic rings. The Labute approximate surface area is 152 Å². The van der Waals surface area contributed by atoms with Gasteiger partial charge < -0.3 is 4.74 Å². The van der Waals surface area contributed by atoms with Crippen LogP contribution in [0.5, 0.6) is 5.75 Å². The molecule has 2 atom stereocenters. The van der Waals surface area contributed by atoms with E-state index in [9.17, 15) is 13.2 Å². The summed E-state index contributed by atoms with van der Waals surface area (Å²) in [6, 6.07) is 13.7. The third-order valence-corrected chi connectivity index (χ3v) is 6.69. The predicted molar refractivity (Wildman–Crippen MR) is 101 cm³/mol. The summed E-state index contributed by atoms with van der Waals surface area (Å²) < 4.78 is 30.1. The molecule has 0 N–H and O–H groups in total. The summed E-state index contributed by atoms with van der Waals surface area (Å²) in [5.74, 6) is 0.488. The molecule has 4 rings (SSSR count). The number of carbonyl (C=O) groups excluding carboxylic acids is 1. The molecule has 2 amide bonds. The Morgan fingerprint density at radius 2 is 1.69 bits per heavy atom. The van der Waals surface area contributed by atoms with Gasteiger partial charge in [0.25, 0.3) is 0 Å². The van der Waals surface area contributed by atoms with Gasteiger partial charge in [0.2, 0.25) is 0 Å². The number of methoxy groups -OCH3 is 1. The Morgan fingerprint density at radius 1 is 1.00 bits per heavy atom.